The Kier molecular flexibility index (Phi) is 1.13. The first-order valence-electron chi connectivity index (χ1n) is 3.42. The third kappa shape index (κ3) is 0.685. The molecule has 1 atom stereocenters. The summed E-state index contributed by atoms with van der Waals surface area (Å²) < 4.78 is 4.84. The van der Waals surface area contributed by atoms with Gasteiger partial charge in [-0.05, 0) is 6.42 Å². The van der Waals surface area contributed by atoms with E-state index in [9.17, 15) is 4.79 Å². The molecule has 0 N–H and O–H groups in total. The Labute approximate surface area is 59.2 Å². The largest absolute Gasteiger partial charge is 0.461 e. The van der Waals surface area contributed by atoms with Gasteiger partial charge in [-0.25, -0.2) is 4.79 Å². The fourth-order valence-electron chi connectivity index (χ4n) is 1.32. The van der Waals surface area contributed by atoms with Crippen LogP contribution in [0.5, 0.6) is 0 Å². The van der Waals surface area contributed by atoms with Crippen molar-refractivity contribution in [2.24, 2.45) is 5.92 Å². The molecule has 2 nitrogen and oxygen atoms in total. The van der Waals surface area contributed by atoms with Crippen molar-refractivity contribution in [2.45, 2.75) is 6.42 Å². The highest BCUT2D eigenvalue weighted by molar-refractivity contribution is 5.91. The van der Waals surface area contributed by atoms with Gasteiger partial charge >= 0.3 is 5.97 Å². The van der Waals surface area contributed by atoms with Gasteiger partial charge in [-0.15, -0.1) is 0 Å². The maximum Gasteiger partial charge on any atom is 0.334 e. The first-order chi connectivity index (χ1) is 4.88. The van der Waals surface area contributed by atoms with Crippen molar-refractivity contribution in [2.75, 3.05) is 6.61 Å². The average molecular weight is 136 g/mol. The Morgan fingerprint density at radius 2 is 2.50 bits per heavy atom. The number of hydrogen-bond acceptors (Lipinski definition) is 2. The second kappa shape index (κ2) is 1.97. The van der Waals surface area contributed by atoms with Crippen LogP contribution >= 0.6 is 0 Å². The lowest BCUT2D eigenvalue weighted by atomic mass is 9.97. The lowest BCUT2D eigenvalue weighted by molar-refractivity contribution is -0.135. The molecule has 0 aromatic carbocycles. The lowest BCUT2D eigenvalue weighted by Crippen LogP contribution is -2.02. The Bertz CT molecular complexity index is 225. The molecule has 0 radical (unpaired) electrons. The SMILES string of the molecule is O=C1OCC2C=CCC=C12. The van der Waals surface area contributed by atoms with Crippen LogP contribution in [0.15, 0.2) is 23.8 Å². The van der Waals surface area contributed by atoms with Gasteiger partial charge in [0.25, 0.3) is 0 Å². The summed E-state index contributed by atoms with van der Waals surface area (Å²) in [7, 11) is 0. The Morgan fingerprint density at radius 3 is 3.30 bits per heavy atom. The normalized spacial score (nSPS) is 29.4. The number of carbonyl (C=O) groups excluding carboxylic acids is 1. The molecule has 0 aromatic rings. The molecule has 1 heterocycles. The lowest BCUT2D eigenvalue weighted by Gasteiger charge is -2.03. The highest BCUT2D eigenvalue weighted by Gasteiger charge is 2.28. The number of fused-ring (bicyclic) bond motifs is 1. The number of cyclic esters (lactones) is 1. The molecule has 10 heavy (non-hydrogen) atoms. The quantitative estimate of drug-likeness (QED) is 0.367. The van der Waals surface area contributed by atoms with E-state index in [0.717, 1.165) is 12.0 Å². The minimum absolute atomic E-state index is 0.130. The summed E-state index contributed by atoms with van der Waals surface area (Å²) in [6.45, 7) is 0.543. The third-order valence-corrected chi connectivity index (χ3v) is 1.87. The summed E-state index contributed by atoms with van der Waals surface area (Å²) in [4.78, 5) is 10.9. The highest BCUT2D eigenvalue weighted by Crippen LogP contribution is 2.25. The predicted octanol–water partition coefficient (Wildman–Crippen LogP) is 1.05. The second-order valence-corrected chi connectivity index (χ2v) is 2.53. The molecular formula is C8H8O2. The van der Waals surface area contributed by atoms with E-state index in [1.165, 1.54) is 0 Å². The van der Waals surface area contributed by atoms with Crippen molar-refractivity contribution in [3.8, 4) is 0 Å². The van der Waals surface area contributed by atoms with Gasteiger partial charge in [0.1, 0.15) is 6.61 Å². The van der Waals surface area contributed by atoms with Crippen molar-refractivity contribution in [3.63, 3.8) is 0 Å². The van der Waals surface area contributed by atoms with Crippen molar-refractivity contribution in [1.82, 2.24) is 0 Å². The van der Waals surface area contributed by atoms with Gasteiger partial charge in [-0.3, -0.25) is 0 Å². The predicted molar refractivity (Wildman–Crippen MR) is 36.3 cm³/mol. The molecule has 1 unspecified atom stereocenters. The van der Waals surface area contributed by atoms with Crippen LogP contribution in [0.4, 0.5) is 0 Å². The molecule has 0 amide bonds. The van der Waals surface area contributed by atoms with Crippen LogP contribution in [0.3, 0.4) is 0 Å². The maximum absolute atomic E-state index is 10.9. The molecule has 2 heteroatoms. The van der Waals surface area contributed by atoms with Gasteiger partial charge in [0.05, 0.1) is 0 Å². The number of esters is 1. The number of ether oxygens (including phenoxy) is 1. The van der Waals surface area contributed by atoms with Crippen LogP contribution in [-0.4, -0.2) is 12.6 Å². The van der Waals surface area contributed by atoms with Gasteiger partial charge in [0.2, 0.25) is 0 Å². The molecule has 52 valence electrons. The summed E-state index contributed by atoms with van der Waals surface area (Å²) in [6, 6.07) is 0. The number of carbonyl (C=O) groups is 1. The number of rotatable bonds is 0. The Balaban J connectivity index is 2.32. The maximum atomic E-state index is 10.9. The zero-order chi connectivity index (χ0) is 6.97. The van der Waals surface area contributed by atoms with Gasteiger partial charge in [0.15, 0.2) is 0 Å². The van der Waals surface area contributed by atoms with Crippen molar-refractivity contribution in [1.29, 1.82) is 0 Å². The molecule has 0 bridgehead atoms. The summed E-state index contributed by atoms with van der Waals surface area (Å²) in [6.07, 6.45) is 6.93. The minimum atomic E-state index is -0.130. The third-order valence-electron chi connectivity index (χ3n) is 1.87. The first kappa shape index (κ1) is 5.71. The van der Waals surface area contributed by atoms with E-state index in [2.05, 4.69) is 6.08 Å². The van der Waals surface area contributed by atoms with Crippen LogP contribution in [0.25, 0.3) is 0 Å². The Morgan fingerprint density at radius 1 is 1.60 bits per heavy atom. The van der Waals surface area contributed by atoms with Gasteiger partial charge in [-0.2, -0.15) is 0 Å². The fourth-order valence-corrected chi connectivity index (χ4v) is 1.32. The van der Waals surface area contributed by atoms with Crippen LogP contribution < -0.4 is 0 Å². The summed E-state index contributed by atoms with van der Waals surface area (Å²) in [5.41, 5.74) is 0.850. The van der Waals surface area contributed by atoms with Gasteiger partial charge < -0.3 is 4.74 Å². The van der Waals surface area contributed by atoms with Crippen LogP contribution in [-0.2, 0) is 9.53 Å². The Hall–Kier alpha value is -1.05. The van der Waals surface area contributed by atoms with E-state index in [1.54, 1.807) is 0 Å². The summed E-state index contributed by atoms with van der Waals surface area (Å²) >= 11 is 0. The standard InChI is InChI=1S/C8H8O2/c9-8-7-4-2-1-3-6(7)5-10-8/h1,3-4,6H,2,5H2. The van der Waals surface area contributed by atoms with Crippen molar-refractivity contribution < 1.29 is 9.53 Å². The highest BCUT2D eigenvalue weighted by atomic mass is 16.5. The average Bonchev–Trinajstić information content (AvgIpc) is 2.34. The van der Waals surface area contributed by atoms with Crippen LogP contribution in [0.1, 0.15) is 6.42 Å². The van der Waals surface area contributed by atoms with E-state index in [1.807, 2.05) is 12.2 Å². The molecular weight excluding hydrogens is 128 g/mol. The van der Waals surface area contributed by atoms with Gasteiger partial charge in [0, 0.05) is 11.5 Å². The molecule has 0 saturated carbocycles. The van der Waals surface area contributed by atoms with E-state index in [0.29, 0.717) is 6.61 Å². The van der Waals surface area contributed by atoms with Crippen molar-refractivity contribution >= 4 is 5.97 Å². The molecule has 1 aliphatic carbocycles. The van der Waals surface area contributed by atoms with Gasteiger partial charge in [-0.1, -0.05) is 18.2 Å². The first-order valence-corrected chi connectivity index (χ1v) is 3.42. The summed E-state index contributed by atoms with van der Waals surface area (Å²) in [5, 5.41) is 0. The number of hydrogen-bond donors (Lipinski definition) is 0. The molecule has 1 saturated heterocycles. The van der Waals surface area contributed by atoms with E-state index in [-0.39, 0.29) is 11.9 Å². The molecule has 0 aromatic heterocycles. The molecule has 0 spiro atoms. The van der Waals surface area contributed by atoms with E-state index < -0.39 is 0 Å². The minimum Gasteiger partial charge on any atom is -0.461 e. The van der Waals surface area contributed by atoms with Crippen LogP contribution in [0, 0.1) is 5.92 Å². The molecule has 1 aliphatic heterocycles. The molecule has 2 rings (SSSR count). The molecule has 2 aliphatic rings. The fraction of sp³-hybridized carbons (Fsp3) is 0.375. The molecule has 1 fully saturated rings. The zero-order valence-corrected chi connectivity index (χ0v) is 5.54. The van der Waals surface area contributed by atoms with Crippen molar-refractivity contribution in [3.05, 3.63) is 23.8 Å². The summed E-state index contributed by atoms with van der Waals surface area (Å²) in [5.74, 6) is 0.121. The van der Waals surface area contributed by atoms with E-state index >= 15 is 0 Å². The smallest absolute Gasteiger partial charge is 0.334 e. The topological polar surface area (TPSA) is 26.3 Å². The second-order valence-electron chi connectivity index (χ2n) is 2.53. The number of allylic oxidation sites excluding steroid dienone is 2. The van der Waals surface area contributed by atoms with Crippen LogP contribution in [0.2, 0.25) is 0 Å². The van der Waals surface area contributed by atoms with E-state index in [4.69, 9.17) is 4.74 Å². The zero-order valence-electron chi connectivity index (χ0n) is 5.54. The monoisotopic (exact) mass is 136 g/mol.